The molecule has 0 amide bonds. The maximum atomic E-state index is 11.0. The summed E-state index contributed by atoms with van der Waals surface area (Å²) < 4.78 is 4.85. The summed E-state index contributed by atoms with van der Waals surface area (Å²) in [6, 6.07) is 8.62. The molecule has 0 aliphatic heterocycles. The lowest BCUT2D eigenvalue weighted by Gasteiger charge is -2.04. The van der Waals surface area contributed by atoms with E-state index in [2.05, 4.69) is 0 Å². The summed E-state index contributed by atoms with van der Waals surface area (Å²) in [6.45, 7) is 0. The normalized spacial score (nSPS) is 12.2. The Morgan fingerprint density at radius 2 is 2.08 bits per heavy atom. The molecule has 0 bridgehead atoms. The molecule has 0 fully saturated rings. The van der Waals surface area contributed by atoms with Crippen LogP contribution in [0.25, 0.3) is 0 Å². The van der Waals surface area contributed by atoms with Gasteiger partial charge in [-0.15, -0.1) is 0 Å². The van der Waals surface area contributed by atoms with Gasteiger partial charge in [0.2, 0.25) is 0 Å². The van der Waals surface area contributed by atoms with Crippen molar-refractivity contribution in [2.24, 2.45) is 5.73 Å². The molecule has 4 nitrogen and oxygen atoms in total. The van der Waals surface area contributed by atoms with E-state index >= 15 is 0 Å². The number of hydrogen-bond donors (Lipinski definition) is 2. The van der Waals surface area contributed by atoms with E-state index in [4.69, 9.17) is 15.6 Å². The molecule has 0 saturated heterocycles. The second kappa shape index (κ2) is 4.59. The smallest absolute Gasteiger partial charge is 0.315 e. The van der Waals surface area contributed by atoms with Crippen molar-refractivity contribution in [1.82, 2.24) is 0 Å². The molecule has 1 aromatic rings. The van der Waals surface area contributed by atoms with Crippen LogP contribution in [0, 0.1) is 0 Å². The zero-order valence-corrected chi connectivity index (χ0v) is 7.01. The van der Waals surface area contributed by atoms with Gasteiger partial charge in [0, 0.05) is 0 Å². The fraction of sp³-hybridized carbons (Fsp3) is 0.222. The van der Waals surface area contributed by atoms with Gasteiger partial charge in [-0.25, -0.2) is 0 Å². The summed E-state index contributed by atoms with van der Waals surface area (Å²) in [5.74, 6) is -0.0886. The first-order valence-corrected chi connectivity index (χ1v) is 3.88. The number of hydrogen-bond acceptors (Lipinski definition) is 4. The standard InChI is InChI=1S/C9H11NO3/c10-8(11)6-9(12)13-7-4-2-1-3-5-7/h1-5,8,11H,6,10H2. The second-order valence-electron chi connectivity index (χ2n) is 2.56. The number of nitrogens with two attached hydrogens (primary N) is 1. The van der Waals surface area contributed by atoms with Crippen LogP contribution in [0.3, 0.4) is 0 Å². The highest BCUT2D eigenvalue weighted by Crippen LogP contribution is 2.09. The topological polar surface area (TPSA) is 72.5 Å². The van der Waals surface area contributed by atoms with Crippen LogP contribution in [0.5, 0.6) is 5.75 Å². The highest BCUT2D eigenvalue weighted by atomic mass is 16.5. The summed E-state index contributed by atoms with van der Waals surface area (Å²) in [6.07, 6.45) is -1.36. The van der Waals surface area contributed by atoms with E-state index in [1.807, 2.05) is 6.07 Å². The van der Waals surface area contributed by atoms with E-state index in [1.54, 1.807) is 24.3 Å². The Morgan fingerprint density at radius 3 is 2.62 bits per heavy atom. The predicted molar refractivity (Wildman–Crippen MR) is 46.9 cm³/mol. The molecule has 1 rings (SSSR count). The minimum atomic E-state index is -1.16. The molecule has 1 atom stereocenters. The first-order chi connectivity index (χ1) is 6.18. The molecule has 0 spiro atoms. The summed E-state index contributed by atoms with van der Waals surface area (Å²) in [7, 11) is 0. The third-order valence-electron chi connectivity index (χ3n) is 1.35. The summed E-state index contributed by atoms with van der Waals surface area (Å²) >= 11 is 0. The zero-order valence-electron chi connectivity index (χ0n) is 7.01. The first kappa shape index (κ1) is 9.70. The largest absolute Gasteiger partial charge is 0.426 e. The van der Waals surface area contributed by atoms with Crippen molar-refractivity contribution in [3.8, 4) is 5.75 Å². The van der Waals surface area contributed by atoms with Gasteiger partial charge < -0.3 is 15.6 Å². The Balaban J connectivity index is 2.46. The number of carbonyl (C=O) groups excluding carboxylic acids is 1. The molecule has 0 aliphatic rings. The Labute approximate surface area is 75.9 Å². The number of benzene rings is 1. The molecule has 0 radical (unpaired) electrons. The second-order valence-corrected chi connectivity index (χ2v) is 2.56. The van der Waals surface area contributed by atoms with Crippen LogP contribution in [0.1, 0.15) is 6.42 Å². The van der Waals surface area contributed by atoms with Crippen molar-refractivity contribution in [2.45, 2.75) is 12.6 Å². The Hall–Kier alpha value is -1.39. The van der Waals surface area contributed by atoms with E-state index in [-0.39, 0.29) is 6.42 Å². The van der Waals surface area contributed by atoms with Gasteiger partial charge in [-0.1, -0.05) is 18.2 Å². The summed E-state index contributed by atoms with van der Waals surface area (Å²) in [4.78, 5) is 11.0. The van der Waals surface area contributed by atoms with Crippen molar-refractivity contribution in [3.05, 3.63) is 30.3 Å². The lowest BCUT2D eigenvalue weighted by Crippen LogP contribution is -2.25. The van der Waals surface area contributed by atoms with Crippen LogP contribution in [0.15, 0.2) is 30.3 Å². The maximum Gasteiger partial charge on any atom is 0.315 e. The Bertz CT molecular complexity index is 271. The van der Waals surface area contributed by atoms with Gasteiger partial charge in [0.05, 0.1) is 6.42 Å². The van der Waals surface area contributed by atoms with E-state index < -0.39 is 12.2 Å². The van der Waals surface area contributed by atoms with Crippen molar-refractivity contribution < 1.29 is 14.6 Å². The molecule has 1 aromatic carbocycles. The number of carbonyl (C=O) groups is 1. The molecule has 0 aliphatic carbocycles. The molecule has 13 heavy (non-hydrogen) atoms. The molecule has 70 valence electrons. The predicted octanol–water partition coefficient (Wildman–Crippen LogP) is 0.259. The quantitative estimate of drug-likeness (QED) is 0.398. The molecule has 3 N–H and O–H groups in total. The third kappa shape index (κ3) is 3.68. The Kier molecular flexibility index (Phi) is 3.42. The number of rotatable bonds is 3. The summed E-state index contributed by atoms with van der Waals surface area (Å²) in [5, 5.41) is 8.68. The fourth-order valence-corrected chi connectivity index (χ4v) is 0.832. The van der Waals surface area contributed by atoms with Gasteiger partial charge in [0.1, 0.15) is 12.0 Å². The van der Waals surface area contributed by atoms with Gasteiger partial charge in [-0.3, -0.25) is 4.79 Å². The monoisotopic (exact) mass is 181 g/mol. The lowest BCUT2D eigenvalue weighted by atomic mass is 10.3. The Morgan fingerprint density at radius 1 is 1.46 bits per heavy atom. The summed E-state index contributed by atoms with van der Waals surface area (Å²) in [5.41, 5.74) is 5.00. The number of ether oxygens (including phenoxy) is 1. The van der Waals surface area contributed by atoms with Crippen LogP contribution in [0.2, 0.25) is 0 Å². The zero-order chi connectivity index (χ0) is 9.68. The van der Waals surface area contributed by atoms with E-state index in [0.717, 1.165) is 0 Å². The van der Waals surface area contributed by atoms with Crippen molar-refractivity contribution in [1.29, 1.82) is 0 Å². The number of aliphatic hydroxyl groups is 1. The number of esters is 1. The molecular weight excluding hydrogens is 170 g/mol. The van der Waals surface area contributed by atoms with Crippen molar-refractivity contribution in [2.75, 3.05) is 0 Å². The molecule has 0 aromatic heterocycles. The highest BCUT2D eigenvalue weighted by molar-refractivity contribution is 5.72. The molecule has 0 heterocycles. The third-order valence-corrected chi connectivity index (χ3v) is 1.35. The minimum Gasteiger partial charge on any atom is -0.426 e. The maximum absolute atomic E-state index is 11.0. The van der Waals surface area contributed by atoms with Gasteiger partial charge in [0.25, 0.3) is 0 Å². The van der Waals surface area contributed by atoms with Crippen molar-refractivity contribution >= 4 is 5.97 Å². The average molecular weight is 181 g/mol. The molecule has 1 unspecified atom stereocenters. The van der Waals surface area contributed by atoms with Crippen LogP contribution in [0.4, 0.5) is 0 Å². The average Bonchev–Trinajstić information content (AvgIpc) is 2.04. The van der Waals surface area contributed by atoms with E-state index in [1.165, 1.54) is 0 Å². The minimum absolute atomic E-state index is 0.200. The van der Waals surface area contributed by atoms with E-state index in [0.29, 0.717) is 5.75 Å². The van der Waals surface area contributed by atoms with Gasteiger partial charge in [0.15, 0.2) is 0 Å². The molecule has 0 saturated carbocycles. The SMILES string of the molecule is NC(O)CC(=O)Oc1ccccc1. The first-order valence-electron chi connectivity index (χ1n) is 3.88. The van der Waals surface area contributed by atoms with Crippen molar-refractivity contribution in [3.63, 3.8) is 0 Å². The van der Waals surface area contributed by atoms with Crippen LogP contribution in [-0.4, -0.2) is 17.3 Å². The lowest BCUT2D eigenvalue weighted by molar-refractivity contribution is -0.136. The number of aliphatic hydroxyl groups excluding tert-OH is 1. The molecule has 4 heteroatoms. The van der Waals surface area contributed by atoms with Gasteiger partial charge in [-0.2, -0.15) is 0 Å². The number of para-hydroxylation sites is 1. The van der Waals surface area contributed by atoms with E-state index in [9.17, 15) is 4.79 Å². The highest BCUT2D eigenvalue weighted by Gasteiger charge is 2.07. The fourth-order valence-electron chi connectivity index (χ4n) is 0.832. The van der Waals surface area contributed by atoms with Crippen LogP contribution < -0.4 is 10.5 Å². The van der Waals surface area contributed by atoms with Gasteiger partial charge in [-0.05, 0) is 12.1 Å². The van der Waals surface area contributed by atoms with Gasteiger partial charge >= 0.3 is 5.97 Å². The van der Waals surface area contributed by atoms with Crippen LogP contribution >= 0.6 is 0 Å². The van der Waals surface area contributed by atoms with Crippen LogP contribution in [-0.2, 0) is 4.79 Å². The molecular formula is C9H11NO3.